The first-order valence-electron chi connectivity index (χ1n) is 17.6. The van der Waals surface area contributed by atoms with Crippen LogP contribution in [0, 0.1) is 5.92 Å². The van der Waals surface area contributed by atoms with Crippen molar-refractivity contribution >= 4 is 24.9 Å². The molecule has 2 saturated heterocycles. The normalized spacial score (nSPS) is 25.8. The van der Waals surface area contributed by atoms with Crippen molar-refractivity contribution in [2.75, 3.05) is 38.2 Å². The number of nitrogens with zero attached hydrogens (tertiary/aromatic N) is 4. The van der Waals surface area contributed by atoms with Gasteiger partial charge in [-0.05, 0) is 113 Å². The molecule has 2 aromatic carbocycles. The van der Waals surface area contributed by atoms with Gasteiger partial charge in [-0.2, -0.15) is 9.97 Å². The Kier molecular flexibility index (Phi) is 9.74. The Bertz CT molecular complexity index is 1470. The Balaban J connectivity index is 1.38. The van der Waals surface area contributed by atoms with Gasteiger partial charge in [0.05, 0.1) is 5.69 Å². The Hall–Kier alpha value is -2.68. The van der Waals surface area contributed by atoms with E-state index < -0.39 is 8.32 Å². The Labute approximate surface area is 272 Å². The molecule has 2 aliphatic heterocycles. The van der Waals surface area contributed by atoms with Gasteiger partial charge >= 0.3 is 6.01 Å². The highest BCUT2D eigenvalue weighted by Crippen LogP contribution is 2.44. The number of fused-ring (bicyclic) bond motifs is 2. The second-order valence-electron chi connectivity index (χ2n) is 14.8. The highest BCUT2D eigenvalue weighted by molar-refractivity contribution is 6.71. The SMILES string of the molecule is CCCC[Si](C)(C)Oc1cc(C2Cc3nc(OC[C@@H]4CCCN4C)nc(N4[C@@H](C)CNC[C@@H]4C)c3CC2C)c2ccccc2c1. The van der Waals surface area contributed by atoms with Crippen LogP contribution in [0.1, 0.15) is 76.1 Å². The van der Waals surface area contributed by atoms with Gasteiger partial charge in [0.15, 0.2) is 0 Å². The van der Waals surface area contributed by atoms with Gasteiger partial charge in [-0.3, -0.25) is 0 Å². The number of anilines is 1. The summed E-state index contributed by atoms with van der Waals surface area (Å²) in [4.78, 5) is 15.3. The molecule has 244 valence electrons. The number of hydrogen-bond acceptors (Lipinski definition) is 7. The molecular weight excluding hydrogens is 575 g/mol. The maximum absolute atomic E-state index is 6.86. The molecule has 2 fully saturated rings. The van der Waals surface area contributed by atoms with Crippen molar-refractivity contribution in [2.45, 2.75) is 109 Å². The van der Waals surface area contributed by atoms with Crippen molar-refractivity contribution in [2.24, 2.45) is 5.92 Å². The summed E-state index contributed by atoms with van der Waals surface area (Å²) in [6, 6.07) is 16.3. The zero-order valence-electron chi connectivity index (χ0n) is 28.7. The molecule has 5 atom stereocenters. The minimum atomic E-state index is -1.82. The lowest BCUT2D eigenvalue weighted by molar-refractivity contribution is 0.187. The summed E-state index contributed by atoms with van der Waals surface area (Å²) in [6.45, 7) is 17.7. The molecule has 7 nitrogen and oxygen atoms in total. The van der Waals surface area contributed by atoms with Crippen LogP contribution in [-0.2, 0) is 12.8 Å². The summed E-state index contributed by atoms with van der Waals surface area (Å²) in [6.07, 6.45) is 6.67. The summed E-state index contributed by atoms with van der Waals surface area (Å²) in [5.74, 6) is 2.90. The maximum atomic E-state index is 6.86. The summed E-state index contributed by atoms with van der Waals surface area (Å²) in [7, 11) is 0.377. The van der Waals surface area contributed by atoms with Gasteiger partial charge in [0.25, 0.3) is 0 Å². The predicted octanol–water partition coefficient (Wildman–Crippen LogP) is 7.19. The van der Waals surface area contributed by atoms with Crippen molar-refractivity contribution < 1.29 is 9.16 Å². The molecule has 3 aromatic rings. The lowest BCUT2D eigenvalue weighted by Gasteiger charge is -2.43. The van der Waals surface area contributed by atoms with Gasteiger partial charge in [-0.1, -0.05) is 51.0 Å². The van der Waals surface area contributed by atoms with Crippen molar-refractivity contribution in [3.63, 3.8) is 0 Å². The number of benzene rings is 2. The molecule has 8 heteroatoms. The number of ether oxygens (including phenoxy) is 1. The fraction of sp³-hybridized carbons (Fsp3) is 0.622. The average Bonchev–Trinajstić information content (AvgIpc) is 3.42. The van der Waals surface area contributed by atoms with Crippen LogP contribution >= 0.6 is 0 Å². The van der Waals surface area contributed by atoms with Crippen molar-refractivity contribution in [1.29, 1.82) is 0 Å². The Morgan fingerprint density at radius 2 is 1.80 bits per heavy atom. The summed E-state index contributed by atoms with van der Waals surface area (Å²) >= 11 is 0. The second kappa shape index (κ2) is 13.6. The first kappa shape index (κ1) is 32.3. The third kappa shape index (κ3) is 7.03. The number of unbranched alkanes of at least 4 members (excludes halogenated alkanes) is 1. The smallest absolute Gasteiger partial charge is 0.318 e. The highest BCUT2D eigenvalue weighted by atomic mass is 28.4. The van der Waals surface area contributed by atoms with E-state index in [2.05, 4.69) is 99.4 Å². The van der Waals surface area contributed by atoms with Crippen LogP contribution in [0.5, 0.6) is 11.8 Å². The minimum absolute atomic E-state index is 0.334. The molecule has 0 bridgehead atoms. The topological polar surface area (TPSA) is 62.8 Å². The number of rotatable bonds is 10. The standard InChI is InChI=1S/C37H55N5O2Si/c1-8-9-17-45(6,7)44-30-19-28-13-10-11-15-31(28)33(20-30)32-21-35-34(18-25(32)2)36(42-26(3)22-38-23-27(42)4)40-37(39-35)43-24-29-14-12-16-41(29)5/h10-11,13,15,19-20,25-27,29,32,38H,8-9,12,14,16-18,21-24H2,1-7H3/t25?,26-,27-,29-,32?/m0/s1. The number of nitrogens with one attached hydrogen (secondary N) is 1. The van der Waals surface area contributed by atoms with Crippen LogP contribution in [0.3, 0.4) is 0 Å². The van der Waals surface area contributed by atoms with E-state index in [1.54, 1.807) is 0 Å². The number of piperazine rings is 1. The highest BCUT2D eigenvalue weighted by Gasteiger charge is 2.36. The van der Waals surface area contributed by atoms with Gasteiger partial charge in [0.2, 0.25) is 8.32 Å². The van der Waals surface area contributed by atoms with E-state index in [9.17, 15) is 0 Å². The molecule has 0 radical (unpaired) electrons. The second-order valence-corrected chi connectivity index (χ2v) is 19.0. The molecule has 0 spiro atoms. The van der Waals surface area contributed by atoms with Crippen LogP contribution in [-0.4, -0.2) is 74.6 Å². The lowest BCUT2D eigenvalue weighted by Crippen LogP contribution is -2.56. The zero-order chi connectivity index (χ0) is 31.7. The fourth-order valence-electron chi connectivity index (χ4n) is 8.00. The average molecular weight is 630 g/mol. The molecule has 1 aliphatic carbocycles. The summed E-state index contributed by atoms with van der Waals surface area (Å²) in [5.41, 5.74) is 3.86. The van der Waals surface area contributed by atoms with Crippen molar-refractivity contribution in [1.82, 2.24) is 20.2 Å². The number of aromatic nitrogens is 2. The maximum Gasteiger partial charge on any atom is 0.318 e. The molecule has 1 aromatic heterocycles. The number of hydrogen-bond donors (Lipinski definition) is 1. The quantitative estimate of drug-likeness (QED) is 0.238. The molecular formula is C37H55N5O2Si. The molecule has 1 N–H and O–H groups in total. The Morgan fingerprint density at radius 1 is 1.02 bits per heavy atom. The van der Waals surface area contributed by atoms with Crippen LogP contribution < -0.4 is 19.4 Å². The molecule has 0 saturated carbocycles. The number of likely N-dealkylation sites (tertiary alicyclic amines) is 1. The van der Waals surface area contributed by atoms with Crippen LogP contribution in [0.25, 0.3) is 10.8 Å². The third-order valence-electron chi connectivity index (χ3n) is 10.6. The summed E-state index contributed by atoms with van der Waals surface area (Å²) < 4.78 is 13.3. The van der Waals surface area contributed by atoms with E-state index in [0.717, 1.165) is 49.7 Å². The summed E-state index contributed by atoms with van der Waals surface area (Å²) in [5, 5.41) is 6.20. The van der Waals surface area contributed by atoms with Crippen LogP contribution in [0.4, 0.5) is 5.82 Å². The fourth-order valence-corrected chi connectivity index (χ4v) is 10.1. The van der Waals surface area contributed by atoms with E-state index >= 15 is 0 Å². The van der Waals surface area contributed by atoms with E-state index in [4.69, 9.17) is 19.1 Å². The first-order chi connectivity index (χ1) is 21.6. The molecule has 0 amide bonds. The van der Waals surface area contributed by atoms with E-state index in [-0.39, 0.29) is 0 Å². The van der Waals surface area contributed by atoms with Gasteiger partial charge < -0.3 is 24.3 Å². The van der Waals surface area contributed by atoms with Gasteiger partial charge in [-0.15, -0.1) is 0 Å². The molecule has 2 unspecified atom stereocenters. The Morgan fingerprint density at radius 3 is 2.53 bits per heavy atom. The predicted molar refractivity (Wildman–Crippen MR) is 189 cm³/mol. The molecule has 3 heterocycles. The van der Waals surface area contributed by atoms with Gasteiger partial charge in [0.1, 0.15) is 18.2 Å². The van der Waals surface area contributed by atoms with Crippen LogP contribution in [0.15, 0.2) is 36.4 Å². The molecule has 3 aliphatic rings. The van der Waals surface area contributed by atoms with Gasteiger partial charge in [0, 0.05) is 36.8 Å². The van der Waals surface area contributed by atoms with Crippen molar-refractivity contribution in [3.8, 4) is 11.8 Å². The molecule has 45 heavy (non-hydrogen) atoms. The molecule has 6 rings (SSSR count). The minimum Gasteiger partial charge on any atom is -0.544 e. The zero-order valence-corrected chi connectivity index (χ0v) is 29.7. The number of likely N-dealkylation sites (N-methyl/N-ethyl adjacent to an activating group) is 1. The van der Waals surface area contributed by atoms with Crippen LogP contribution in [0.2, 0.25) is 19.1 Å². The largest absolute Gasteiger partial charge is 0.544 e. The van der Waals surface area contributed by atoms with E-state index in [0.29, 0.717) is 42.6 Å². The van der Waals surface area contributed by atoms with E-state index in [1.165, 1.54) is 53.6 Å². The van der Waals surface area contributed by atoms with Gasteiger partial charge in [-0.25, -0.2) is 0 Å². The monoisotopic (exact) mass is 629 g/mol. The first-order valence-corrected chi connectivity index (χ1v) is 20.7. The van der Waals surface area contributed by atoms with E-state index in [1.807, 2.05) is 0 Å². The van der Waals surface area contributed by atoms with Crippen molar-refractivity contribution in [3.05, 3.63) is 53.2 Å². The third-order valence-corrected chi connectivity index (χ3v) is 13.0. The lowest BCUT2D eigenvalue weighted by atomic mass is 9.74.